The third-order valence-corrected chi connectivity index (χ3v) is 4.87. The van der Waals surface area contributed by atoms with Crippen LogP contribution in [0.4, 0.5) is 5.82 Å². The Hall–Kier alpha value is -1.86. The van der Waals surface area contributed by atoms with Crippen molar-refractivity contribution in [1.82, 2.24) is 15.6 Å². The van der Waals surface area contributed by atoms with E-state index in [1.165, 1.54) is 18.4 Å². The van der Waals surface area contributed by atoms with Crippen molar-refractivity contribution in [2.45, 2.75) is 38.8 Å². The lowest BCUT2D eigenvalue weighted by atomic mass is 10.2. The number of hydrogen-bond acceptors (Lipinski definition) is 5. The van der Waals surface area contributed by atoms with Crippen molar-refractivity contribution >= 4 is 11.8 Å². The van der Waals surface area contributed by atoms with Crippen LogP contribution in [0, 0.1) is 5.92 Å². The quantitative estimate of drug-likeness (QED) is 0.390. The highest BCUT2D eigenvalue weighted by Crippen LogP contribution is 2.28. The van der Waals surface area contributed by atoms with E-state index in [4.69, 9.17) is 9.47 Å². The van der Waals surface area contributed by atoms with Crippen LogP contribution in [0.2, 0.25) is 0 Å². The van der Waals surface area contributed by atoms with Gasteiger partial charge in [-0.15, -0.1) is 0 Å². The fraction of sp³-hybridized carbons (Fsp3) is 0.700. The number of rotatable bonds is 9. The van der Waals surface area contributed by atoms with Gasteiger partial charge in [-0.2, -0.15) is 0 Å². The normalized spacial score (nSPS) is 20.6. The van der Waals surface area contributed by atoms with Gasteiger partial charge in [-0.3, -0.25) is 4.99 Å². The smallest absolute Gasteiger partial charge is 0.191 e. The highest BCUT2D eigenvalue weighted by Gasteiger charge is 2.21. The van der Waals surface area contributed by atoms with Gasteiger partial charge >= 0.3 is 0 Å². The average Bonchev–Trinajstić information content (AvgIpc) is 3.51. The maximum Gasteiger partial charge on any atom is 0.191 e. The molecule has 2 N–H and O–H groups in total. The summed E-state index contributed by atoms with van der Waals surface area (Å²) in [4.78, 5) is 11.1. The molecule has 1 unspecified atom stereocenters. The van der Waals surface area contributed by atoms with E-state index in [9.17, 15) is 0 Å². The van der Waals surface area contributed by atoms with E-state index in [2.05, 4.69) is 38.5 Å². The van der Waals surface area contributed by atoms with Crippen LogP contribution in [-0.2, 0) is 16.0 Å². The maximum absolute atomic E-state index is 5.66. The molecule has 0 radical (unpaired) electrons. The molecule has 0 aromatic carbocycles. The largest absolute Gasteiger partial charge is 0.381 e. The number of aromatic nitrogens is 1. The zero-order chi connectivity index (χ0) is 18.9. The molecule has 3 rings (SSSR count). The second-order valence-electron chi connectivity index (χ2n) is 7.37. The van der Waals surface area contributed by atoms with Gasteiger partial charge in [0.25, 0.3) is 0 Å². The number of anilines is 1. The molecule has 0 bridgehead atoms. The van der Waals surface area contributed by atoms with Crippen molar-refractivity contribution in [3.05, 3.63) is 23.9 Å². The Balaban J connectivity index is 1.37. The molecule has 1 aliphatic carbocycles. The van der Waals surface area contributed by atoms with Crippen LogP contribution in [0.3, 0.4) is 0 Å². The Kier molecular flexibility index (Phi) is 7.71. The molecule has 1 atom stereocenters. The van der Waals surface area contributed by atoms with Crippen molar-refractivity contribution in [1.29, 1.82) is 0 Å². The number of nitrogens with zero attached hydrogens (tertiary/aromatic N) is 3. The average molecular weight is 376 g/mol. The molecule has 1 saturated heterocycles. The van der Waals surface area contributed by atoms with E-state index in [-0.39, 0.29) is 6.10 Å². The Morgan fingerprint density at radius 1 is 1.41 bits per heavy atom. The Labute approximate surface area is 162 Å². The molecule has 1 aliphatic heterocycles. The van der Waals surface area contributed by atoms with Crippen LogP contribution in [-0.4, -0.2) is 63.6 Å². The zero-order valence-electron chi connectivity index (χ0n) is 16.6. The first kappa shape index (κ1) is 19.9. The van der Waals surface area contributed by atoms with Gasteiger partial charge in [-0.1, -0.05) is 0 Å². The molecule has 0 spiro atoms. The Morgan fingerprint density at radius 3 is 3.07 bits per heavy atom. The summed E-state index contributed by atoms with van der Waals surface area (Å²) in [5, 5.41) is 6.71. The minimum atomic E-state index is 0.249. The van der Waals surface area contributed by atoms with Crippen molar-refractivity contribution in [2.75, 3.05) is 51.4 Å². The van der Waals surface area contributed by atoms with Crippen molar-refractivity contribution < 1.29 is 9.47 Å². The first-order valence-electron chi connectivity index (χ1n) is 10.1. The van der Waals surface area contributed by atoms with Gasteiger partial charge in [0.15, 0.2) is 5.96 Å². The third-order valence-electron chi connectivity index (χ3n) is 4.87. The molecule has 0 amide bonds. The van der Waals surface area contributed by atoms with E-state index in [0.717, 1.165) is 63.6 Å². The van der Waals surface area contributed by atoms with E-state index in [1.54, 1.807) is 7.05 Å². The molecule has 2 fully saturated rings. The first-order chi connectivity index (χ1) is 13.2. The fourth-order valence-corrected chi connectivity index (χ4v) is 3.09. The molecule has 27 heavy (non-hydrogen) atoms. The van der Waals surface area contributed by atoms with Gasteiger partial charge < -0.3 is 25.0 Å². The molecule has 2 aliphatic rings. The number of ether oxygens (including phenoxy) is 2. The van der Waals surface area contributed by atoms with E-state index < -0.39 is 0 Å². The summed E-state index contributed by atoms with van der Waals surface area (Å²) in [6.07, 6.45) is 5.80. The summed E-state index contributed by atoms with van der Waals surface area (Å²) in [7, 11) is 1.80. The van der Waals surface area contributed by atoms with Crippen molar-refractivity contribution in [3.8, 4) is 0 Å². The molecule has 7 nitrogen and oxygen atoms in total. The van der Waals surface area contributed by atoms with Crippen LogP contribution in [0.1, 0.15) is 31.7 Å². The highest BCUT2D eigenvalue weighted by atomic mass is 16.5. The van der Waals surface area contributed by atoms with Gasteiger partial charge in [-0.25, -0.2) is 4.98 Å². The molecular weight excluding hydrogens is 342 g/mol. The predicted octanol–water partition coefficient (Wildman–Crippen LogP) is 1.79. The molecule has 1 aromatic heterocycles. The van der Waals surface area contributed by atoms with Gasteiger partial charge in [0.2, 0.25) is 0 Å². The number of pyridine rings is 1. The van der Waals surface area contributed by atoms with Gasteiger partial charge in [0, 0.05) is 52.6 Å². The zero-order valence-corrected chi connectivity index (χ0v) is 16.6. The molecule has 2 heterocycles. The van der Waals surface area contributed by atoms with Gasteiger partial charge in [-0.05, 0) is 49.8 Å². The summed E-state index contributed by atoms with van der Waals surface area (Å²) >= 11 is 0. The summed E-state index contributed by atoms with van der Waals surface area (Å²) in [5.41, 5.74) is 1.19. The summed E-state index contributed by atoms with van der Waals surface area (Å²) in [6, 6.07) is 4.18. The minimum Gasteiger partial charge on any atom is -0.381 e. The number of hydrogen-bond donors (Lipinski definition) is 2. The van der Waals surface area contributed by atoms with Crippen LogP contribution < -0.4 is 15.5 Å². The summed E-state index contributed by atoms with van der Waals surface area (Å²) in [6.45, 7) is 7.95. The van der Waals surface area contributed by atoms with E-state index in [1.807, 2.05) is 12.3 Å². The lowest BCUT2D eigenvalue weighted by Crippen LogP contribution is -2.41. The number of aliphatic imine (C=N–C) groups is 1. The molecule has 1 aromatic rings. The monoisotopic (exact) mass is 375 g/mol. The third kappa shape index (κ3) is 6.99. The number of guanidine groups is 1. The van der Waals surface area contributed by atoms with Crippen LogP contribution >= 0.6 is 0 Å². The Bertz CT molecular complexity index is 606. The van der Waals surface area contributed by atoms with Crippen molar-refractivity contribution in [3.63, 3.8) is 0 Å². The Morgan fingerprint density at radius 2 is 2.30 bits per heavy atom. The van der Waals surface area contributed by atoms with E-state index >= 15 is 0 Å². The summed E-state index contributed by atoms with van der Waals surface area (Å²) < 4.78 is 11.3. The van der Waals surface area contributed by atoms with Crippen molar-refractivity contribution in [2.24, 2.45) is 10.9 Å². The van der Waals surface area contributed by atoms with Crippen LogP contribution in [0.5, 0.6) is 0 Å². The second kappa shape index (κ2) is 10.5. The van der Waals surface area contributed by atoms with Gasteiger partial charge in [0.05, 0.1) is 12.7 Å². The number of morpholine rings is 1. The molecule has 7 heteroatoms. The SMILES string of the molecule is CN=C(NCCCOCC1CC1)NCc1ccnc(N2CCOC(C)C2)c1. The predicted molar refractivity (Wildman–Crippen MR) is 108 cm³/mol. The van der Waals surface area contributed by atoms with Gasteiger partial charge in [0.1, 0.15) is 5.82 Å². The highest BCUT2D eigenvalue weighted by molar-refractivity contribution is 5.79. The first-order valence-corrected chi connectivity index (χ1v) is 10.1. The second-order valence-corrected chi connectivity index (χ2v) is 7.37. The fourth-order valence-electron chi connectivity index (χ4n) is 3.09. The summed E-state index contributed by atoms with van der Waals surface area (Å²) in [5.74, 6) is 2.66. The topological polar surface area (TPSA) is 71.0 Å². The number of nitrogens with one attached hydrogen (secondary N) is 2. The minimum absolute atomic E-state index is 0.249. The van der Waals surface area contributed by atoms with E-state index in [0.29, 0.717) is 6.54 Å². The molecule has 1 saturated carbocycles. The molecular formula is C20H33N5O2. The van der Waals surface area contributed by atoms with Crippen LogP contribution in [0.15, 0.2) is 23.3 Å². The maximum atomic E-state index is 5.66. The molecule has 150 valence electrons. The standard InChI is InChI=1S/C20H33N5O2/c1-16-14-25(9-11-27-16)19-12-18(6-8-22-19)13-24-20(21-2)23-7-3-10-26-15-17-4-5-17/h6,8,12,16-17H,3-5,7,9-11,13-15H2,1-2H3,(H2,21,23,24). The lowest BCUT2D eigenvalue weighted by molar-refractivity contribution is 0.0529. The van der Waals surface area contributed by atoms with Crippen LogP contribution in [0.25, 0.3) is 0 Å². The lowest BCUT2D eigenvalue weighted by Gasteiger charge is -2.32.